The Hall–Kier alpha value is -0.130. The van der Waals surface area contributed by atoms with Crippen molar-refractivity contribution in [3.8, 4) is 0 Å². The molecule has 0 radical (unpaired) electrons. The molecule has 0 amide bonds. The average molecular weight is 240 g/mol. The van der Waals surface area contributed by atoms with Crippen molar-refractivity contribution in [1.82, 2.24) is 0 Å². The van der Waals surface area contributed by atoms with Crippen molar-refractivity contribution in [2.75, 3.05) is 13.2 Å². The van der Waals surface area contributed by atoms with Gasteiger partial charge in [-0.05, 0) is 13.8 Å². The van der Waals surface area contributed by atoms with Gasteiger partial charge in [0.1, 0.15) is 10.9 Å². The van der Waals surface area contributed by atoms with Crippen LogP contribution in [0.25, 0.3) is 0 Å². The van der Waals surface area contributed by atoms with E-state index in [1.165, 1.54) is 0 Å². The Morgan fingerprint density at radius 2 is 2.25 bits per heavy atom. The highest BCUT2D eigenvalue weighted by molar-refractivity contribution is 9.10. The first-order chi connectivity index (χ1) is 5.38. The molecule has 0 aliphatic rings. The molecule has 0 aromatic rings. The summed E-state index contributed by atoms with van der Waals surface area (Å²) in [4.78, 5) is 11.1. The number of aliphatic hydroxyl groups is 1. The summed E-state index contributed by atoms with van der Waals surface area (Å²) in [5.41, 5.74) is 5.32. The number of nitrogens with two attached hydrogens (primary N) is 1. The second-order valence-corrected chi connectivity index (χ2v) is 5.00. The van der Waals surface area contributed by atoms with Crippen molar-refractivity contribution in [3.05, 3.63) is 0 Å². The van der Waals surface area contributed by atoms with Gasteiger partial charge in [0.25, 0.3) is 0 Å². The van der Waals surface area contributed by atoms with Crippen LogP contribution in [0.2, 0.25) is 0 Å². The summed E-state index contributed by atoms with van der Waals surface area (Å²) in [5.74, 6) is -0.383. The van der Waals surface area contributed by atoms with Crippen LogP contribution in [-0.2, 0) is 9.53 Å². The molecule has 0 saturated heterocycles. The topological polar surface area (TPSA) is 72.5 Å². The smallest absolute Gasteiger partial charge is 0.322 e. The van der Waals surface area contributed by atoms with E-state index in [9.17, 15) is 4.79 Å². The lowest BCUT2D eigenvalue weighted by Gasteiger charge is -2.16. The Kier molecular flexibility index (Phi) is 4.74. The molecular weight excluding hydrogens is 226 g/mol. The van der Waals surface area contributed by atoms with Crippen molar-refractivity contribution < 1.29 is 14.6 Å². The van der Waals surface area contributed by atoms with Crippen molar-refractivity contribution >= 4 is 21.9 Å². The van der Waals surface area contributed by atoms with Crippen LogP contribution >= 0.6 is 15.9 Å². The Bertz CT molecular complexity index is 155. The normalized spacial score (nSPS) is 14.1. The van der Waals surface area contributed by atoms with E-state index < -0.39 is 10.4 Å². The van der Waals surface area contributed by atoms with Crippen molar-refractivity contribution in [1.29, 1.82) is 0 Å². The number of hydrogen-bond donors (Lipinski definition) is 2. The highest BCUT2D eigenvalue weighted by Gasteiger charge is 2.25. The van der Waals surface area contributed by atoms with Crippen molar-refractivity contribution in [2.45, 2.75) is 24.2 Å². The Balaban J connectivity index is 3.73. The fourth-order valence-electron chi connectivity index (χ4n) is 0.407. The second-order valence-electron chi connectivity index (χ2n) is 3.01. The molecule has 4 nitrogen and oxygen atoms in total. The SMILES string of the molecule is CC(C)(Br)C(=O)OCC(N)CO. The number of halogens is 1. The molecule has 1 unspecified atom stereocenters. The fourth-order valence-corrected chi connectivity index (χ4v) is 0.522. The van der Waals surface area contributed by atoms with Crippen LogP contribution in [0.5, 0.6) is 0 Å². The Labute approximate surface area is 80.2 Å². The molecule has 0 fully saturated rings. The number of alkyl halides is 1. The minimum absolute atomic E-state index is 0.0460. The zero-order valence-electron chi connectivity index (χ0n) is 7.21. The molecule has 5 heteroatoms. The van der Waals surface area contributed by atoms with E-state index in [-0.39, 0.29) is 19.2 Å². The molecule has 3 N–H and O–H groups in total. The van der Waals surface area contributed by atoms with Crippen LogP contribution in [0, 0.1) is 0 Å². The molecule has 0 rings (SSSR count). The van der Waals surface area contributed by atoms with Crippen LogP contribution in [0.4, 0.5) is 0 Å². The van der Waals surface area contributed by atoms with Crippen LogP contribution in [-0.4, -0.2) is 34.7 Å². The summed E-state index contributed by atoms with van der Waals surface area (Å²) in [6.45, 7) is 3.22. The largest absolute Gasteiger partial charge is 0.463 e. The highest BCUT2D eigenvalue weighted by Crippen LogP contribution is 2.17. The van der Waals surface area contributed by atoms with Crippen LogP contribution in [0.15, 0.2) is 0 Å². The second kappa shape index (κ2) is 4.79. The molecule has 0 aromatic heterocycles. The zero-order chi connectivity index (χ0) is 9.78. The zero-order valence-corrected chi connectivity index (χ0v) is 8.80. The highest BCUT2D eigenvalue weighted by atomic mass is 79.9. The lowest BCUT2D eigenvalue weighted by atomic mass is 10.2. The van der Waals surface area contributed by atoms with Crippen molar-refractivity contribution in [2.24, 2.45) is 5.73 Å². The predicted molar refractivity (Wildman–Crippen MR) is 49.0 cm³/mol. The number of aliphatic hydroxyl groups excluding tert-OH is 1. The Morgan fingerprint density at radius 1 is 1.75 bits per heavy atom. The van der Waals surface area contributed by atoms with Gasteiger partial charge in [0.2, 0.25) is 0 Å². The summed E-state index contributed by atoms with van der Waals surface area (Å²) in [6, 6.07) is -0.496. The molecule has 1 atom stereocenters. The first-order valence-corrected chi connectivity index (χ1v) is 4.39. The third-order valence-electron chi connectivity index (χ3n) is 1.15. The van der Waals surface area contributed by atoms with Gasteiger partial charge in [-0.3, -0.25) is 4.79 Å². The fraction of sp³-hybridized carbons (Fsp3) is 0.857. The van der Waals surface area contributed by atoms with Crippen LogP contribution in [0.1, 0.15) is 13.8 Å². The van der Waals surface area contributed by atoms with E-state index in [4.69, 9.17) is 15.6 Å². The molecular formula is C7H14BrNO3. The lowest BCUT2D eigenvalue weighted by molar-refractivity contribution is -0.146. The summed E-state index contributed by atoms with van der Waals surface area (Å²) in [5, 5.41) is 8.52. The van der Waals surface area contributed by atoms with E-state index >= 15 is 0 Å². The van der Waals surface area contributed by atoms with Crippen molar-refractivity contribution in [3.63, 3.8) is 0 Å². The molecule has 0 heterocycles. The van der Waals surface area contributed by atoms with E-state index in [2.05, 4.69) is 15.9 Å². The first kappa shape index (κ1) is 11.9. The molecule has 0 aliphatic heterocycles. The van der Waals surface area contributed by atoms with Gasteiger partial charge in [0.05, 0.1) is 12.6 Å². The molecule has 0 spiro atoms. The number of carbonyl (C=O) groups is 1. The average Bonchev–Trinajstić information content (AvgIpc) is 1.97. The first-order valence-electron chi connectivity index (χ1n) is 3.60. The maximum Gasteiger partial charge on any atom is 0.322 e. The van der Waals surface area contributed by atoms with Crippen LogP contribution in [0.3, 0.4) is 0 Å². The monoisotopic (exact) mass is 239 g/mol. The van der Waals surface area contributed by atoms with Gasteiger partial charge in [-0.25, -0.2) is 0 Å². The molecule has 0 aliphatic carbocycles. The maximum absolute atomic E-state index is 11.1. The summed E-state index contributed by atoms with van der Waals surface area (Å²) in [6.07, 6.45) is 0. The predicted octanol–water partition coefficient (Wildman–Crippen LogP) is 0.0227. The number of esters is 1. The van der Waals surface area contributed by atoms with E-state index in [0.717, 1.165) is 0 Å². The van der Waals surface area contributed by atoms with E-state index in [1.807, 2.05) is 0 Å². The third-order valence-corrected chi connectivity index (χ3v) is 1.47. The minimum Gasteiger partial charge on any atom is -0.463 e. The van der Waals surface area contributed by atoms with Gasteiger partial charge >= 0.3 is 5.97 Å². The van der Waals surface area contributed by atoms with Gasteiger partial charge in [0, 0.05) is 0 Å². The van der Waals surface area contributed by atoms with Gasteiger partial charge in [-0.1, -0.05) is 15.9 Å². The minimum atomic E-state index is -0.692. The van der Waals surface area contributed by atoms with Gasteiger partial charge in [-0.15, -0.1) is 0 Å². The molecule has 0 aromatic carbocycles. The number of rotatable bonds is 4. The maximum atomic E-state index is 11.1. The molecule has 72 valence electrons. The third kappa shape index (κ3) is 4.69. The molecule has 0 bridgehead atoms. The molecule has 12 heavy (non-hydrogen) atoms. The lowest BCUT2D eigenvalue weighted by Crippen LogP contribution is -2.35. The quantitative estimate of drug-likeness (QED) is 0.536. The summed E-state index contributed by atoms with van der Waals surface area (Å²) < 4.78 is 4.10. The summed E-state index contributed by atoms with van der Waals surface area (Å²) in [7, 11) is 0. The number of ether oxygens (including phenoxy) is 1. The van der Waals surface area contributed by atoms with Crippen LogP contribution < -0.4 is 5.73 Å². The Morgan fingerprint density at radius 3 is 2.58 bits per heavy atom. The van der Waals surface area contributed by atoms with E-state index in [0.29, 0.717) is 0 Å². The van der Waals surface area contributed by atoms with Gasteiger partial charge < -0.3 is 15.6 Å². The standard InChI is InChI=1S/C7H14BrNO3/c1-7(2,8)6(11)12-4-5(9)3-10/h5,10H,3-4,9H2,1-2H3. The van der Waals surface area contributed by atoms with Gasteiger partial charge in [-0.2, -0.15) is 0 Å². The molecule has 0 saturated carbocycles. The van der Waals surface area contributed by atoms with E-state index in [1.54, 1.807) is 13.8 Å². The summed E-state index contributed by atoms with van der Waals surface area (Å²) >= 11 is 3.14. The number of hydrogen-bond acceptors (Lipinski definition) is 4. The van der Waals surface area contributed by atoms with Gasteiger partial charge in [0.15, 0.2) is 0 Å². The number of carbonyl (C=O) groups excluding carboxylic acids is 1.